The number of nitrogens with one attached hydrogen (secondary N) is 1. The zero-order chi connectivity index (χ0) is 26.6. The summed E-state index contributed by atoms with van der Waals surface area (Å²) >= 11 is 0. The smallest absolute Gasteiger partial charge is 0.262 e. The Hall–Kier alpha value is -4.02. The van der Waals surface area contributed by atoms with Crippen LogP contribution in [0.2, 0.25) is 0 Å². The van der Waals surface area contributed by atoms with Crippen LogP contribution in [0.1, 0.15) is 57.7 Å². The SMILES string of the molecule is O=C1CCC(N2C(=O)c3ccc(C4(O)CCN(Cc5ccc6ccc(F)cc6n5)CC4)cc3C2=O)C(=O)N1. The van der Waals surface area contributed by atoms with Crippen LogP contribution in [0.5, 0.6) is 0 Å². The third-order valence-corrected chi connectivity index (χ3v) is 7.76. The number of halogens is 1. The second kappa shape index (κ2) is 9.07. The zero-order valence-corrected chi connectivity index (χ0v) is 20.4. The molecule has 1 atom stereocenters. The molecule has 2 saturated heterocycles. The maximum Gasteiger partial charge on any atom is 0.262 e. The summed E-state index contributed by atoms with van der Waals surface area (Å²) in [6.07, 6.45) is 0.959. The molecule has 6 rings (SSSR count). The van der Waals surface area contributed by atoms with Gasteiger partial charge in [0.25, 0.3) is 11.8 Å². The van der Waals surface area contributed by atoms with E-state index in [1.54, 1.807) is 18.2 Å². The summed E-state index contributed by atoms with van der Waals surface area (Å²) in [5.74, 6) is -2.59. The first kappa shape index (κ1) is 24.3. The van der Waals surface area contributed by atoms with Crippen LogP contribution >= 0.6 is 0 Å². The lowest BCUT2D eigenvalue weighted by Gasteiger charge is -2.38. The van der Waals surface area contributed by atoms with Crippen molar-refractivity contribution in [3.8, 4) is 0 Å². The lowest BCUT2D eigenvalue weighted by Crippen LogP contribution is -2.54. The van der Waals surface area contributed by atoms with Gasteiger partial charge in [-0.15, -0.1) is 0 Å². The van der Waals surface area contributed by atoms with Crippen molar-refractivity contribution in [2.24, 2.45) is 0 Å². The van der Waals surface area contributed by atoms with Gasteiger partial charge in [0.2, 0.25) is 11.8 Å². The monoisotopic (exact) mass is 516 g/mol. The standard InChI is InChI=1S/C28H25FN4O5/c29-18-4-1-16-2-5-19(30-22(16)14-18)15-32-11-9-28(38,10-12-32)17-3-6-20-21(13-17)27(37)33(26(20)36)23-7-8-24(34)31-25(23)35/h1-6,13-14,23,38H,7-12,15H2,(H,31,34,35). The fraction of sp³-hybridized carbons (Fsp3) is 0.321. The zero-order valence-electron chi connectivity index (χ0n) is 20.4. The van der Waals surface area contributed by atoms with Gasteiger partial charge in [0.15, 0.2) is 0 Å². The molecule has 3 aliphatic rings. The Morgan fingerprint density at radius 2 is 1.71 bits per heavy atom. The largest absolute Gasteiger partial charge is 0.385 e. The van der Waals surface area contributed by atoms with E-state index in [1.807, 2.05) is 12.1 Å². The van der Waals surface area contributed by atoms with Gasteiger partial charge in [-0.05, 0) is 55.2 Å². The van der Waals surface area contributed by atoms with Crippen molar-refractivity contribution in [3.63, 3.8) is 0 Å². The summed E-state index contributed by atoms with van der Waals surface area (Å²) in [7, 11) is 0. The number of piperidine rings is 2. The van der Waals surface area contributed by atoms with Gasteiger partial charge in [-0.25, -0.2) is 4.39 Å². The summed E-state index contributed by atoms with van der Waals surface area (Å²) in [5.41, 5.74) is 1.10. The van der Waals surface area contributed by atoms with Gasteiger partial charge < -0.3 is 5.11 Å². The Balaban J connectivity index is 1.16. The number of fused-ring (bicyclic) bond motifs is 2. The molecule has 1 unspecified atom stereocenters. The second-order valence-electron chi connectivity index (χ2n) is 10.2. The molecular weight excluding hydrogens is 491 g/mol. The Kier molecular flexibility index (Phi) is 5.81. The van der Waals surface area contributed by atoms with E-state index in [0.717, 1.165) is 16.0 Å². The highest BCUT2D eigenvalue weighted by atomic mass is 19.1. The van der Waals surface area contributed by atoms with Crippen molar-refractivity contribution in [2.45, 2.75) is 43.9 Å². The molecule has 4 heterocycles. The number of carbonyl (C=O) groups is 4. The number of pyridine rings is 1. The van der Waals surface area contributed by atoms with E-state index in [-0.39, 0.29) is 29.8 Å². The van der Waals surface area contributed by atoms with Gasteiger partial charge in [-0.3, -0.25) is 39.3 Å². The van der Waals surface area contributed by atoms with Crippen molar-refractivity contribution in [3.05, 3.63) is 76.7 Å². The van der Waals surface area contributed by atoms with E-state index in [2.05, 4.69) is 15.2 Å². The van der Waals surface area contributed by atoms with Crippen LogP contribution in [0, 0.1) is 5.82 Å². The molecule has 3 aromatic rings. The van der Waals surface area contributed by atoms with Gasteiger partial charge in [-0.1, -0.05) is 12.1 Å². The van der Waals surface area contributed by atoms with Crippen LogP contribution < -0.4 is 5.32 Å². The molecule has 194 valence electrons. The first-order chi connectivity index (χ1) is 18.2. The third-order valence-electron chi connectivity index (χ3n) is 7.76. The normalized spacial score (nSPS) is 21.6. The number of benzene rings is 2. The highest BCUT2D eigenvalue weighted by molar-refractivity contribution is 6.23. The molecular formula is C28H25FN4O5. The van der Waals surface area contributed by atoms with E-state index in [4.69, 9.17) is 0 Å². The number of amides is 4. The average Bonchev–Trinajstić information content (AvgIpc) is 3.14. The summed E-state index contributed by atoms with van der Waals surface area (Å²) in [6, 6.07) is 12.1. The van der Waals surface area contributed by atoms with E-state index in [1.165, 1.54) is 18.2 Å². The third kappa shape index (κ3) is 4.15. The summed E-state index contributed by atoms with van der Waals surface area (Å²) in [5, 5.41) is 14.5. The number of aliphatic hydroxyl groups is 1. The van der Waals surface area contributed by atoms with Crippen LogP contribution in [0.25, 0.3) is 10.9 Å². The summed E-state index contributed by atoms with van der Waals surface area (Å²) in [6.45, 7) is 1.71. The van der Waals surface area contributed by atoms with Gasteiger partial charge in [0.05, 0.1) is 27.9 Å². The number of nitrogens with zero attached hydrogens (tertiary/aromatic N) is 3. The van der Waals surface area contributed by atoms with Gasteiger partial charge in [0, 0.05) is 37.5 Å². The van der Waals surface area contributed by atoms with Gasteiger partial charge in [0.1, 0.15) is 11.9 Å². The molecule has 10 heteroatoms. The number of aromatic nitrogens is 1. The lowest BCUT2D eigenvalue weighted by atomic mass is 9.83. The van der Waals surface area contributed by atoms with Crippen LogP contribution in [0.15, 0.2) is 48.5 Å². The maximum atomic E-state index is 13.6. The number of imide groups is 2. The lowest BCUT2D eigenvalue weighted by molar-refractivity contribution is -0.136. The molecule has 38 heavy (non-hydrogen) atoms. The number of carbonyl (C=O) groups excluding carboxylic acids is 4. The van der Waals surface area contributed by atoms with Crippen molar-refractivity contribution in [2.75, 3.05) is 13.1 Å². The molecule has 9 nitrogen and oxygen atoms in total. The first-order valence-electron chi connectivity index (χ1n) is 12.6. The number of rotatable bonds is 4. The topological polar surface area (TPSA) is 120 Å². The minimum atomic E-state index is -1.18. The van der Waals surface area contributed by atoms with Crippen LogP contribution in [0.3, 0.4) is 0 Å². The van der Waals surface area contributed by atoms with Crippen molar-refractivity contribution in [1.29, 1.82) is 0 Å². The second-order valence-corrected chi connectivity index (χ2v) is 10.2. The predicted octanol–water partition coefficient (Wildman–Crippen LogP) is 2.26. The van der Waals surface area contributed by atoms with Crippen molar-refractivity contribution >= 4 is 34.5 Å². The molecule has 4 amide bonds. The molecule has 2 fully saturated rings. The summed E-state index contributed by atoms with van der Waals surface area (Å²) < 4.78 is 13.6. The highest BCUT2D eigenvalue weighted by Gasteiger charge is 2.45. The summed E-state index contributed by atoms with van der Waals surface area (Å²) in [4.78, 5) is 57.6. The molecule has 0 aliphatic carbocycles. The minimum absolute atomic E-state index is 0.0525. The Morgan fingerprint density at radius 1 is 0.974 bits per heavy atom. The quantitative estimate of drug-likeness (QED) is 0.511. The van der Waals surface area contributed by atoms with Crippen LogP contribution in [-0.2, 0) is 21.7 Å². The van der Waals surface area contributed by atoms with E-state index in [9.17, 15) is 28.7 Å². The Bertz CT molecular complexity index is 1510. The number of hydrogen-bond donors (Lipinski definition) is 2. The molecule has 1 aromatic heterocycles. The van der Waals surface area contributed by atoms with Crippen LogP contribution in [-0.4, -0.2) is 62.7 Å². The minimum Gasteiger partial charge on any atom is -0.385 e. The maximum absolute atomic E-state index is 13.6. The van der Waals surface area contributed by atoms with Gasteiger partial charge in [-0.2, -0.15) is 0 Å². The number of hydrogen-bond acceptors (Lipinski definition) is 7. The fourth-order valence-corrected chi connectivity index (χ4v) is 5.58. The molecule has 3 aliphatic heterocycles. The first-order valence-corrected chi connectivity index (χ1v) is 12.6. The van der Waals surface area contributed by atoms with Crippen molar-refractivity contribution in [1.82, 2.24) is 20.1 Å². The average molecular weight is 517 g/mol. The number of likely N-dealkylation sites (tertiary alicyclic amines) is 1. The molecule has 2 aromatic carbocycles. The molecule has 0 saturated carbocycles. The Morgan fingerprint density at radius 3 is 2.47 bits per heavy atom. The van der Waals surface area contributed by atoms with E-state index < -0.39 is 35.3 Å². The molecule has 0 bridgehead atoms. The molecule has 0 spiro atoms. The molecule has 0 radical (unpaired) electrons. The predicted molar refractivity (Wildman–Crippen MR) is 133 cm³/mol. The fourth-order valence-electron chi connectivity index (χ4n) is 5.58. The molecule has 2 N–H and O–H groups in total. The van der Waals surface area contributed by atoms with Gasteiger partial charge >= 0.3 is 0 Å². The van der Waals surface area contributed by atoms with Crippen LogP contribution in [0.4, 0.5) is 4.39 Å². The van der Waals surface area contributed by atoms with E-state index >= 15 is 0 Å². The Labute approximate surface area is 217 Å². The van der Waals surface area contributed by atoms with Crippen molar-refractivity contribution < 1.29 is 28.7 Å². The van der Waals surface area contributed by atoms with E-state index in [0.29, 0.717) is 43.6 Å². The highest BCUT2D eigenvalue weighted by Crippen LogP contribution is 2.36.